The number of nitrogens with zero attached hydrogens (tertiary/aromatic N) is 4. The van der Waals surface area contributed by atoms with E-state index in [1.165, 1.54) is 61.5 Å². The lowest BCUT2D eigenvalue weighted by atomic mass is 10.2. The van der Waals surface area contributed by atoms with Crippen LogP contribution in [0.15, 0.2) is 108 Å². The van der Waals surface area contributed by atoms with Crippen molar-refractivity contribution in [2.75, 3.05) is 0 Å². The molecule has 0 bridgehead atoms. The van der Waals surface area contributed by atoms with Gasteiger partial charge >= 0.3 is 0 Å². The first kappa shape index (κ1) is 25.5. The van der Waals surface area contributed by atoms with Crippen LogP contribution in [0.2, 0.25) is 0 Å². The van der Waals surface area contributed by atoms with Crippen LogP contribution >= 0.6 is 0 Å². The van der Waals surface area contributed by atoms with Gasteiger partial charge in [-0.05, 0) is 59.7 Å². The van der Waals surface area contributed by atoms with E-state index in [9.17, 15) is 18.4 Å². The predicted molar refractivity (Wildman–Crippen MR) is 131 cm³/mol. The molecule has 0 saturated carbocycles. The van der Waals surface area contributed by atoms with E-state index in [-0.39, 0.29) is 23.4 Å². The molecule has 0 atom stereocenters. The number of rotatable bonds is 6. The summed E-state index contributed by atoms with van der Waals surface area (Å²) in [6.07, 6.45) is 8.83. The van der Waals surface area contributed by atoms with Gasteiger partial charge in [0.25, 0.3) is 11.8 Å². The van der Waals surface area contributed by atoms with Crippen LogP contribution in [0.25, 0.3) is 0 Å². The minimum Gasteiger partial charge on any atom is -0.267 e. The van der Waals surface area contributed by atoms with Gasteiger partial charge in [0.2, 0.25) is 0 Å². The third-order valence-electron chi connectivity index (χ3n) is 4.34. The van der Waals surface area contributed by atoms with Gasteiger partial charge in [0.05, 0.1) is 12.4 Å². The molecule has 0 radical (unpaired) electrons. The number of hydrazone groups is 2. The Balaban J connectivity index is 0.000000201. The van der Waals surface area contributed by atoms with Crippen LogP contribution in [0, 0.1) is 11.6 Å². The van der Waals surface area contributed by atoms with Crippen LogP contribution in [0.1, 0.15) is 31.8 Å². The molecule has 2 amide bonds. The highest BCUT2D eigenvalue weighted by Crippen LogP contribution is 2.02. The maximum Gasteiger partial charge on any atom is 0.271 e. The summed E-state index contributed by atoms with van der Waals surface area (Å²) in [5.41, 5.74) is 6.76. The van der Waals surface area contributed by atoms with Gasteiger partial charge in [0, 0.05) is 35.9 Å². The van der Waals surface area contributed by atoms with Crippen molar-refractivity contribution in [3.8, 4) is 0 Å². The lowest BCUT2D eigenvalue weighted by molar-refractivity contribution is 0.0947. The molecular formula is C26H20F2N6O2. The Morgan fingerprint density at radius 2 is 1.03 bits per heavy atom. The normalized spacial score (nSPS) is 10.5. The molecular weight excluding hydrogens is 466 g/mol. The summed E-state index contributed by atoms with van der Waals surface area (Å²) in [6, 6.07) is 18.1. The van der Waals surface area contributed by atoms with Gasteiger partial charge in [0.1, 0.15) is 11.6 Å². The maximum absolute atomic E-state index is 12.9. The summed E-state index contributed by atoms with van der Waals surface area (Å²) >= 11 is 0. The molecule has 8 nitrogen and oxygen atoms in total. The third kappa shape index (κ3) is 8.67. The van der Waals surface area contributed by atoms with E-state index < -0.39 is 0 Å². The Morgan fingerprint density at radius 1 is 0.639 bits per heavy atom. The molecule has 0 unspecified atom stereocenters. The number of halogens is 2. The molecule has 0 aliphatic heterocycles. The molecule has 2 aromatic carbocycles. The summed E-state index contributed by atoms with van der Waals surface area (Å²) < 4.78 is 25.7. The molecule has 0 aliphatic carbocycles. The highest BCUT2D eigenvalue weighted by molar-refractivity contribution is 5.95. The molecule has 36 heavy (non-hydrogen) atoms. The van der Waals surface area contributed by atoms with Crippen molar-refractivity contribution in [3.05, 3.63) is 131 Å². The molecule has 2 heterocycles. The SMILES string of the molecule is O=C(N/N=C/c1cccc(F)c1)c1ccncc1.O=C(N/N=C/c1cccc(F)c1)c1ccncc1. The zero-order valence-corrected chi connectivity index (χ0v) is 18.8. The van der Waals surface area contributed by atoms with Gasteiger partial charge in [-0.3, -0.25) is 19.6 Å². The lowest BCUT2D eigenvalue weighted by Crippen LogP contribution is -2.17. The zero-order chi connectivity index (χ0) is 25.6. The Bertz CT molecular complexity index is 1240. The first-order valence-electron chi connectivity index (χ1n) is 10.5. The molecule has 0 spiro atoms. The molecule has 4 rings (SSSR count). The van der Waals surface area contributed by atoms with Crippen LogP contribution in [-0.2, 0) is 0 Å². The Morgan fingerprint density at radius 3 is 1.39 bits per heavy atom. The Hall–Kier alpha value is -5.12. The van der Waals surface area contributed by atoms with Crippen molar-refractivity contribution < 1.29 is 18.4 Å². The summed E-state index contributed by atoms with van der Waals surface area (Å²) in [5, 5.41) is 7.49. The van der Waals surface area contributed by atoms with Gasteiger partial charge in [0.15, 0.2) is 0 Å². The number of amides is 2. The fourth-order valence-corrected chi connectivity index (χ4v) is 2.64. The van der Waals surface area contributed by atoms with Gasteiger partial charge in [-0.2, -0.15) is 10.2 Å². The fraction of sp³-hybridized carbons (Fsp3) is 0. The summed E-state index contributed by atoms with van der Waals surface area (Å²) in [7, 11) is 0. The van der Waals surface area contributed by atoms with Crippen LogP contribution in [0.3, 0.4) is 0 Å². The summed E-state index contributed by atoms with van der Waals surface area (Å²) in [6.45, 7) is 0. The van der Waals surface area contributed by atoms with Crippen LogP contribution < -0.4 is 10.9 Å². The van der Waals surface area contributed by atoms with Crippen LogP contribution in [0.4, 0.5) is 8.78 Å². The van der Waals surface area contributed by atoms with Gasteiger partial charge in [-0.1, -0.05) is 24.3 Å². The highest BCUT2D eigenvalue weighted by atomic mass is 19.1. The highest BCUT2D eigenvalue weighted by Gasteiger charge is 2.02. The second-order valence-corrected chi connectivity index (χ2v) is 6.98. The largest absolute Gasteiger partial charge is 0.271 e. The Kier molecular flexibility index (Phi) is 9.60. The number of pyridine rings is 2. The maximum atomic E-state index is 12.9. The first-order chi connectivity index (χ1) is 17.5. The topological polar surface area (TPSA) is 109 Å². The minimum atomic E-state index is -0.348. The van der Waals surface area contributed by atoms with Crippen molar-refractivity contribution in [2.24, 2.45) is 10.2 Å². The molecule has 2 aromatic heterocycles. The van der Waals surface area contributed by atoms with E-state index in [1.807, 2.05) is 0 Å². The standard InChI is InChI=1S/2C13H10FN3O/c2*14-12-3-1-2-10(8-12)9-16-17-13(18)11-4-6-15-7-5-11/h2*1-9H,(H,17,18)/b2*16-9+. The summed E-state index contributed by atoms with van der Waals surface area (Å²) in [5.74, 6) is -1.38. The molecule has 0 fully saturated rings. The van der Waals surface area contributed by atoms with Crippen molar-refractivity contribution in [1.82, 2.24) is 20.8 Å². The number of aromatic nitrogens is 2. The average Bonchev–Trinajstić information content (AvgIpc) is 2.90. The van der Waals surface area contributed by atoms with Gasteiger partial charge in [-0.15, -0.1) is 0 Å². The quantitative estimate of drug-likeness (QED) is 0.318. The first-order valence-corrected chi connectivity index (χ1v) is 10.5. The summed E-state index contributed by atoms with van der Waals surface area (Å²) in [4.78, 5) is 30.8. The molecule has 0 aliphatic rings. The van der Waals surface area contributed by atoms with E-state index in [2.05, 4.69) is 31.0 Å². The Labute approximate surface area is 205 Å². The average molecular weight is 486 g/mol. The van der Waals surface area contributed by atoms with E-state index in [0.29, 0.717) is 22.3 Å². The number of benzene rings is 2. The van der Waals surface area contributed by atoms with E-state index in [1.54, 1.807) is 48.5 Å². The second kappa shape index (κ2) is 13.6. The second-order valence-electron chi connectivity index (χ2n) is 6.98. The molecule has 180 valence electrons. The zero-order valence-electron chi connectivity index (χ0n) is 18.8. The van der Waals surface area contributed by atoms with Crippen LogP contribution in [0.5, 0.6) is 0 Å². The minimum absolute atomic E-state index is 0.343. The molecule has 4 aromatic rings. The van der Waals surface area contributed by atoms with E-state index in [4.69, 9.17) is 0 Å². The van der Waals surface area contributed by atoms with Crippen molar-refractivity contribution in [3.63, 3.8) is 0 Å². The smallest absolute Gasteiger partial charge is 0.267 e. The van der Waals surface area contributed by atoms with Crippen molar-refractivity contribution in [2.45, 2.75) is 0 Å². The predicted octanol–water partition coefficient (Wildman–Crippen LogP) is 3.97. The monoisotopic (exact) mass is 486 g/mol. The third-order valence-corrected chi connectivity index (χ3v) is 4.34. The number of hydrogen-bond donors (Lipinski definition) is 2. The lowest BCUT2D eigenvalue weighted by Gasteiger charge is -1.98. The molecule has 0 saturated heterocycles. The number of hydrogen-bond acceptors (Lipinski definition) is 6. The van der Waals surface area contributed by atoms with Gasteiger partial charge in [-0.25, -0.2) is 19.6 Å². The fourth-order valence-electron chi connectivity index (χ4n) is 2.64. The van der Waals surface area contributed by atoms with Crippen molar-refractivity contribution >= 4 is 24.2 Å². The molecule has 2 N–H and O–H groups in total. The van der Waals surface area contributed by atoms with E-state index in [0.717, 1.165) is 0 Å². The molecule has 10 heteroatoms. The van der Waals surface area contributed by atoms with Gasteiger partial charge < -0.3 is 0 Å². The number of nitrogens with one attached hydrogen (secondary N) is 2. The van der Waals surface area contributed by atoms with Crippen LogP contribution in [-0.4, -0.2) is 34.2 Å². The number of carbonyl (C=O) groups is 2. The van der Waals surface area contributed by atoms with E-state index >= 15 is 0 Å². The number of carbonyl (C=O) groups excluding carboxylic acids is 2. The van der Waals surface area contributed by atoms with Crippen molar-refractivity contribution in [1.29, 1.82) is 0 Å².